The van der Waals surface area contributed by atoms with Gasteiger partial charge in [-0.15, -0.1) is 6.58 Å². The number of hydrogen-bond acceptors (Lipinski definition) is 3. The van der Waals surface area contributed by atoms with Crippen LogP contribution < -0.4 is 9.04 Å². The fourth-order valence-electron chi connectivity index (χ4n) is 2.60. The molecule has 0 bridgehead atoms. The van der Waals surface area contributed by atoms with E-state index in [1.165, 1.54) is 4.31 Å². The first-order valence-electron chi connectivity index (χ1n) is 7.90. The number of aryl methyl sites for hydroxylation is 1. The minimum Gasteiger partial charge on any atom is -0.496 e. The van der Waals surface area contributed by atoms with E-state index in [0.717, 1.165) is 5.56 Å². The van der Waals surface area contributed by atoms with Crippen molar-refractivity contribution < 1.29 is 13.2 Å². The van der Waals surface area contributed by atoms with Crippen molar-refractivity contribution in [2.75, 3.05) is 11.4 Å². The van der Waals surface area contributed by atoms with Gasteiger partial charge in [0.05, 0.1) is 23.7 Å². The molecule has 0 spiro atoms. The maximum atomic E-state index is 13.3. The third-order valence-electron chi connectivity index (χ3n) is 3.99. The van der Waals surface area contributed by atoms with Crippen LogP contribution in [-0.2, 0) is 10.0 Å². The first kappa shape index (κ1) is 18.8. The van der Waals surface area contributed by atoms with E-state index in [0.29, 0.717) is 17.0 Å². The molecule has 4 nitrogen and oxygen atoms in total. The number of sulfonamides is 1. The average molecular weight is 357 g/mol. The van der Waals surface area contributed by atoms with Crippen molar-refractivity contribution in [3.63, 3.8) is 0 Å². The molecular formula is C20H23NO3S. The second kappa shape index (κ2) is 7.57. The van der Waals surface area contributed by atoms with Gasteiger partial charge in [0.2, 0.25) is 0 Å². The number of benzene rings is 2. The van der Waals surface area contributed by atoms with Crippen LogP contribution in [0.3, 0.4) is 0 Å². The number of rotatable bonds is 7. The van der Waals surface area contributed by atoms with Crippen molar-refractivity contribution >= 4 is 21.8 Å². The lowest BCUT2D eigenvalue weighted by atomic mass is 10.1. The van der Waals surface area contributed by atoms with Crippen molar-refractivity contribution in [1.29, 1.82) is 0 Å². The van der Waals surface area contributed by atoms with Crippen LogP contribution in [0.15, 0.2) is 66.6 Å². The molecule has 1 atom stereocenters. The Morgan fingerprint density at radius 2 is 1.76 bits per heavy atom. The topological polar surface area (TPSA) is 46.6 Å². The van der Waals surface area contributed by atoms with Crippen molar-refractivity contribution in [3.05, 3.63) is 72.8 Å². The van der Waals surface area contributed by atoms with Crippen LogP contribution in [0.5, 0.6) is 5.75 Å². The Morgan fingerprint density at radius 1 is 1.12 bits per heavy atom. The van der Waals surface area contributed by atoms with E-state index in [9.17, 15) is 8.42 Å². The number of nitrogens with zero attached hydrogens (tertiary/aromatic N) is 1. The lowest BCUT2D eigenvalue weighted by molar-refractivity contribution is 0.414. The van der Waals surface area contributed by atoms with E-state index in [4.69, 9.17) is 4.74 Å². The normalized spacial score (nSPS) is 12.3. The molecule has 0 aliphatic carbocycles. The Labute approximate surface area is 150 Å². The predicted octanol–water partition coefficient (Wildman–Crippen LogP) is 4.42. The maximum Gasteiger partial charge on any atom is 0.264 e. The third kappa shape index (κ3) is 3.61. The summed E-state index contributed by atoms with van der Waals surface area (Å²) in [6.45, 7) is 11.3. The van der Waals surface area contributed by atoms with Gasteiger partial charge < -0.3 is 4.74 Å². The summed E-state index contributed by atoms with van der Waals surface area (Å²) in [4.78, 5) is 0.227. The van der Waals surface area contributed by atoms with Crippen LogP contribution in [0, 0.1) is 6.92 Å². The summed E-state index contributed by atoms with van der Waals surface area (Å²) < 4.78 is 33.3. The molecule has 2 aromatic carbocycles. The van der Waals surface area contributed by atoms with E-state index in [1.807, 2.05) is 6.92 Å². The van der Waals surface area contributed by atoms with Gasteiger partial charge in [-0.25, -0.2) is 8.42 Å². The minimum atomic E-state index is -3.78. The average Bonchev–Trinajstić information content (AvgIpc) is 2.61. The highest BCUT2D eigenvalue weighted by atomic mass is 32.2. The monoisotopic (exact) mass is 357 g/mol. The SMILES string of the molecule is C=Cc1c(OC)cccc1N(C(C)C=C)S(=O)(=O)c1ccc(C)cc1. The molecule has 0 aliphatic rings. The molecular weight excluding hydrogens is 334 g/mol. The molecule has 0 aromatic heterocycles. The fraction of sp³-hybridized carbons (Fsp3) is 0.200. The second-order valence-electron chi connectivity index (χ2n) is 5.69. The van der Waals surface area contributed by atoms with Crippen LogP contribution in [0.1, 0.15) is 18.1 Å². The van der Waals surface area contributed by atoms with E-state index >= 15 is 0 Å². The smallest absolute Gasteiger partial charge is 0.264 e. The summed E-state index contributed by atoms with van der Waals surface area (Å²) in [6, 6.07) is 11.6. The summed E-state index contributed by atoms with van der Waals surface area (Å²) in [5, 5.41) is 0. The highest BCUT2D eigenvalue weighted by Crippen LogP contribution is 2.35. The molecule has 5 heteroatoms. The molecule has 0 aliphatic heterocycles. The first-order valence-corrected chi connectivity index (χ1v) is 9.34. The number of methoxy groups -OCH3 is 1. The van der Waals surface area contributed by atoms with Gasteiger partial charge in [0, 0.05) is 5.56 Å². The maximum absolute atomic E-state index is 13.3. The van der Waals surface area contributed by atoms with E-state index < -0.39 is 16.1 Å². The number of anilines is 1. The van der Waals surface area contributed by atoms with Gasteiger partial charge in [-0.2, -0.15) is 0 Å². The van der Waals surface area contributed by atoms with Gasteiger partial charge in [-0.05, 0) is 38.1 Å². The van der Waals surface area contributed by atoms with Crippen LogP contribution in [0.2, 0.25) is 0 Å². The Bertz CT molecular complexity index is 870. The zero-order chi connectivity index (χ0) is 18.6. The third-order valence-corrected chi connectivity index (χ3v) is 5.91. The Balaban J connectivity index is 2.72. The summed E-state index contributed by atoms with van der Waals surface area (Å²) >= 11 is 0. The Morgan fingerprint density at radius 3 is 2.28 bits per heavy atom. The minimum absolute atomic E-state index is 0.227. The van der Waals surface area contributed by atoms with Crippen molar-refractivity contribution in [2.24, 2.45) is 0 Å². The van der Waals surface area contributed by atoms with Gasteiger partial charge in [-0.3, -0.25) is 4.31 Å². The van der Waals surface area contributed by atoms with Gasteiger partial charge in [-0.1, -0.05) is 42.5 Å². The molecule has 0 amide bonds. The zero-order valence-electron chi connectivity index (χ0n) is 14.8. The molecule has 0 saturated carbocycles. The quantitative estimate of drug-likeness (QED) is 0.689. The van der Waals surface area contributed by atoms with E-state index in [2.05, 4.69) is 13.2 Å². The molecule has 2 aromatic rings. The molecule has 2 rings (SSSR count). The van der Waals surface area contributed by atoms with Crippen molar-refractivity contribution in [1.82, 2.24) is 0 Å². The van der Waals surface area contributed by atoms with Crippen LogP contribution >= 0.6 is 0 Å². The Hall–Kier alpha value is -2.53. The van der Waals surface area contributed by atoms with Crippen molar-refractivity contribution in [3.8, 4) is 5.75 Å². The highest BCUT2D eigenvalue weighted by Gasteiger charge is 2.30. The van der Waals surface area contributed by atoms with Crippen LogP contribution in [0.4, 0.5) is 5.69 Å². The molecule has 0 heterocycles. The molecule has 25 heavy (non-hydrogen) atoms. The Kier molecular flexibility index (Phi) is 5.69. The fourth-order valence-corrected chi connectivity index (χ4v) is 4.24. The predicted molar refractivity (Wildman–Crippen MR) is 104 cm³/mol. The zero-order valence-corrected chi connectivity index (χ0v) is 15.6. The first-order chi connectivity index (χ1) is 11.9. The molecule has 0 saturated heterocycles. The van der Waals surface area contributed by atoms with Gasteiger partial charge in [0.1, 0.15) is 5.75 Å². The largest absolute Gasteiger partial charge is 0.496 e. The molecule has 1 unspecified atom stereocenters. The number of hydrogen-bond donors (Lipinski definition) is 0. The van der Waals surface area contributed by atoms with E-state index in [1.54, 1.807) is 68.7 Å². The summed E-state index contributed by atoms with van der Waals surface area (Å²) in [7, 11) is -2.24. The molecule has 0 N–H and O–H groups in total. The van der Waals surface area contributed by atoms with Gasteiger partial charge in [0.15, 0.2) is 0 Å². The summed E-state index contributed by atoms with van der Waals surface area (Å²) in [5.74, 6) is 0.563. The van der Waals surface area contributed by atoms with Crippen LogP contribution in [0.25, 0.3) is 6.08 Å². The molecule has 132 valence electrons. The van der Waals surface area contributed by atoms with Crippen molar-refractivity contribution in [2.45, 2.75) is 24.8 Å². The lowest BCUT2D eigenvalue weighted by Crippen LogP contribution is -2.38. The summed E-state index contributed by atoms with van der Waals surface area (Å²) in [6.07, 6.45) is 3.19. The number of ether oxygens (including phenoxy) is 1. The summed E-state index contributed by atoms with van der Waals surface area (Å²) in [5.41, 5.74) is 2.12. The highest BCUT2D eigenvalue weighted by molar-refractivity contribution is 7.92. The van der Waals surface area contributed by atoms with E-state index in [-0.39, 0.29) is 4.90 Å². The molecule has 0 fully saturated rings. The molecule has 0 radical (unpaired) electrons. The van der Waals surface area contributed by atoms with Gasteiger partial charge in [0.25, 0.3) is 10.0 Å². The second-order valence-corrected chi connectivity index (χ2v) is 7.50. The standard InChI is InChI=1S/C20H23NO3S/c1-6-16(4)21(19-9-8-10-20(24-5)18(19)7-2)25(22,23)17-13-11-15(3)12-14-17/h6-14,16H,1-2H2,3-5H3. The lowest BCUT2D eigenvalue weighted by Gasteiger charge is -2.30. The van der Waals surface area contributed by atoms with Gasteiger partial charge >= 0.3 is 0 Å². The van der Waals surface area contributed by atoms with Crippen LogP contribution in [-0.4, -0.2) is 21.6 Å².